The average molecular weight is 373 g/mol. The quantitative estimate of drug-likeness (QED) is 0.368. The number of imide groups is 1. The number of hydrogen-bond donors (Lipinski definition) is 1. The number of unbranched alkanes of at least 4 members (excludes halogenated alkanes) is 3. The van der Waals surface area contributed by atoms with Crippen LogP contribution in [0.15, 0.2) is 24.3 Å². The summed E-state index contributed by atoms with van der Waals surface area (Å²) >= 11 is 0. The standard InChI is InChI=1S/C22H32N2O3/c1-2-3-4-8-15-20(23-27-16-17-11-6-5-7-12-17)24-21(25)18-13-9-10-14-19(18)22(24)26/h9-10,13-14,17,20,23H,2-8,11-12,15-16H2,1H3. The van der Waals surface area contributed by atoms with Crippen LogP contribution in [0.25, 0.3) is 0 Å². The molecular formula is C22H32N2O3. The van der Waals surface area contributed by atoms with Crippen molar-refractivity contribution in [1.29, 1.82) is 0 Å². The molecule has 5 heteroatoms. The minimum atomic E-state index is -0.405. The minimum Gasteiger partial charge on any atom is -0.299 e. The van der Waals surface area contributed by atoms with Gasteiger partial charge in [0.15, 0.2) is 0 Å². The van der Waals surface area contributed by atoms with Gasteiger partial charge in [0.1, 0.15) is 6.17 Å². The fourth-order valence-corrected chi connectivity index (χ4v) is 4.11. The second-order valence-electron chi connectivity index (χ2n) is 7.82. The fraction of sp³-hybridized carbons (Fsp3) is 0.636. The molecule has 1 aliphatic heterocycles. The first-order valence-corrected chi connectivity index (χ1v) is 10.6. The van der Waals surface area contributed by atoms with E-state index in [4.69, 9.17) is 4.84 Å². The van der Waals surface area contributed by atoms with E-state index in [1.807, 2.05) is 0 Å². The van der Waals surface area contributed by atoms with Crippen molar-refractivity contribution in [3.63, 3.8) is 0 Å². The Labute approximate surface area is 162 Å². The molecule has 0 aromatic heterocycles. The lowest BCUT2D eigenvalue weighted by Crippen LogP contribution is -2.49. The summed E-state index contributed by atoms with van der Waals surface area (Å²) in [6.45, 7) is 2.82. The Hall–Kier alpha value is -1.72. The van der Waals surface area contributed by atoms with Crippen LogP contribution in [0, 0.1) is 5.92 Å². The van der Waals surface area contributed by atoms with Gasteiger partial charge in [0, 0.05) is 0 Å². The number of carbonyl (C=O) groups is 2. The Balaban J connectivity index is 1.62. The van der Waals surface area contributed by atoms with Gasteiger partial charge in [-0.1, -0.05) is 57.6 Å². The van der Waals surface area contributed by atoms with Crippen molar-refractivity contribution in [3.8, 4) is 0 Å². The number of amides is 2. The molecule has 1 aromatic carbocycles. The summed E-state index contributed by atoms with van der Waals surface area (Å²) in [4.78, 5) is 32.8. The summed E-state index contributed by atoms with van der Waals surface area (Å²) in [6.07, 6.45) is 11.0. The first kappa shape index (κ1) is 20.0. The molecule has 0 bridgehead atoms. The van der Waals surface area contributed by atoms with Crippen LogP contribution in [-0.4, -0.2) is 29.5 Å². The van der Waals surface area contributed by atoms with E-state index in [1.165, 1.54) is 37.0 Å². The molecule has 1 N–H and O–H groups in total. The maximum Gasteiger partial charge on any atom is 0.262 e. The number of hydroxylamine groups is 1. The van der Waals surface area contributed by atoms with Crippen LogP contribution in [0.2, 0.25) is 0 Å². The van der Waals surface area contributed by atoms with E-state index in [0.29, 0.717) is 23.7 Å². The molecule has 148 valence electrons. The van der Waals surface area contributed by atoms with E-state index in [9.17, 15) is 9.59 Å². The Bertz CT molecular complexity index is 605. The van der Waals surface area contributed by atoms with Crippen molar-refractivity contribution in [2.45, 2.75) is 77.3 Å². The summed E-state index contributed by atoms with van der Waals surface area (Å²) in [5, 5.41) is 0. The van der Waals surface area contributed by atoms with Gasteiger partial charge >= 0.3 is 0 Å². The number of hydrogen-bond acceptors (Lipinski definition) is 4. The molecule has 1 aromatic rings. The van der Waals surface area contributed by atoms with Crippen LogP contribution in [0.4, 0.5) is 0 Å². The molecule has 3 rings (SSSR count). The highest BCUT2D eigenvalue weighted by Gasteiger charge is 2.39. The molecule has 0 saturated heterocycles. The van der Waals surface area contributed by atoms with Crippen molar-refractivity contribution < 1.29 is 14.4 Å². The van der Waals surface area contributed by atoms with Crippen LogP contribution >= 0.6 is 0 Å². The summed E-state index contributed by atoms with van der Waals surface area (Å²) < 4.78 is 0. The van der Waals surface area contributed by atoms with Gasteiger partial charge in [-0.15, -0.1) is 0 Å². The van der Waals surface area contributed by atoms with E-state index in [0.717, 1.165) is 32.1 Å². The molecule has 27 heavy (non-hydrogen) atoms. The lowest BCUT2D eigenvalue weighted by atomic mass is 9.90. The predicted molar refractivity (Wildman–Crippen MR) is 105 cm³/mol. The topological polar surface area (TPSA) is 58.6 Å². The zero-order chi connectivity index (χ0) is 19.1. The van der Waals surface area contributed by atoms with Crippen molar-refractivity contribution in [1.82, 2.24) is 10.4 Å². The van der Waals surface area contributed by atoms with Gasteiger partial charge in [-0.2, -0.15) is 5.48 Å². The number of carbonyl (C=O) groups excluding carboxylic acids is 2. The summed E-state index contributed by atoms with van der Waals surface area (Å²) in [6, 6.07) is 7.06. The summed E-state index contributed by atoms with van der Waals surface area (Å²) in [5.74, 6) is 0.142. The first-order valence-electron chi connectivity index (χ1n) is 10.6. The minimum absolute atomic E-state index is 0.218. The second kappa shape index (κ2) is 10.00. The third-order valence-electron chi connectivity index (χ3n) is 5.73. The molecule has 1 atom stereocenters. The largest absolute Gasteiger partial charge is 0.299 e. The Morgan fingerprint density at radius 2 is 1.70 bits per heavy atom. The maximum absolute atomic E-state index is 12.8. The Morgan fingerprint density at radius 3 is 2.33 bits per heavy atom. The number of benzene rings is 1. The van der Waals surface area contributed by atoms with Crippen molar-refractivity contribution in [2.24, 2.45) is 5.92 Å². The van der Waals surface area contributed by atoms with E-state index in [1.54, 1.807) is 24.3 Å². The average Bonchev–Trinajstić information content (AvgIpc) is 2.96. The van der Waals surface area contributed by atoms with Gasteiger partial charge in [0.2, 0.25) is 0 Å². The Kier molecular flexibility index (Phi) is 7.41. The summed E-state index contributed by atoms with van der Waals surface area (Å²) in [5.41, 5.74) is 4.06. The fourth-order valence-electron chi connectivity index (χ4n) is 4.11. The lowest BCUT2D eigenvalue weighted by molar-refractivity contribution is -0.0420. The molecule has 0 radical (unpaired) electrons. The Morgan fingerprint density at radius 1 is 1.04 bits per heavy atom. The van der Waals surface area contributed by atoms with Crippen LogP contribution in [-0.2, 0) is 4.84 Å². The SMILES string of the molecule is CCCCCCC(NOCC1CCCCC1)N1C(=O)c2ccccc2C1=O. The van der Waals surface area contributed by atoms with Crippen LogP contribution in [0.1, 0.15) is 91.8 Å². The molecule has 0 spiro atoms. The molecular weight excluding hydrogens is 340 g/mol. The first-order chi connectivity index (χ1) is 13.2. The third kappa shape index (κ3) is 4.96. The van der Waals surface area contributed by atoms with Gasteiger partial charge in [0.05, 0.1) is 17.7 Å². The highest BCUT2D eigenvalue weighted by Crippen LogP contribution is 2.26. The van der Waals surface area contributed by atoms with E-state index in [2.05, 4.69) is 12.4 Å². The normalized spacial score (nSPS) is 18.8. The smallest absolute Gasteiger partial charge is 0.262 e. The van der Waals surface area contributed by atoms with Crippen molar-refractivity contribution in [3.05, 3.63) is 35.4 Å². The van der Waals surface area contributed by atoms with Crippen molar-refractivity contribution in [2.75, 3.05) is 6.61 Å². The van der Waals surface area contributed by atoms with E-state index >= 15 is 0 Å². The molecule has 1 heterocycles. The zero-order valence-electron chi connectivity index (χ0n) is 16.4. The van der Waals surface area contributed by atoms with Gasteiger partial charge in [-0.25, -0.2) is 0 Å². The number of nitrogens with zero attached hydrogens (tertiary/aromatic N) is 1. The molecule has 2 amide bonds. The van der Waals surface area contributed by atoms with E-state index < -0.39 is 6.17 Å². The van der Waals surface area contributed by atoms with E-state index in [-0.39, 0.29) is 11.8 Å². The van der Waals surface area contributed by atoms with Gasteiger partial charge < -0.3 is 0 Å². The molecule has 1 aliphatic carbocycles. The second-order valence-corrected chi connectivity index (χ2v) is 7.82. The predicted octanol–water partition coefficient (Wildman–Crippen LogP) is 4.68. The highest BCUT2D eigenvalue weighted by atomic mass is 16.6. The molecule has 1 unspecified atom stereocenters. The number of rotatable bonds is 10. The number of fused-ring (bicyclic) bond motifs is 1. The van der Waals surface area contributed by atoms with Gasteiger partial charge in [0.25, 0.3) is 11.8 Å². The number of nitrogens with one attached hydrogen (secondary N) is 1. The summed E-state index contributed by atoms with van der Waals surface area (Å²) in [7, 11) is 0. The van der Waals surface area contributed by atoms with Crippen LogP contribution < -0.4 is 5.48 Å². The zero-order valence-corrected chi connectivity index (χ0v) is 16.4. The molecule has 1 fully saturated rings. The third-order valence-corrected chi connectivity index (χ3v) is 5.73. The maximum atomic E-state index is 12.8. The molecule has 2 aliphatic rings. The van der Waals surface area contributed by atoms with Gasteiger partial charge in [-0.05, 0) is 43.7 Å². The van der Waals surface area contributed by atoms with Gasteiger partial charge in [-0.3, -0.25) is 19.3 Å². The van der Waals surface area contributed by atoms with Crippen molar-refractivity contribution >= 4 is 11.8 Å². The molecule has 5 nitrogen and oxygen atoms in total. The van der Waals surface area contributed by atoms with Crippen LogP contribution in [0.5, 0.6) is 0 Å². The van der Waals surface area contributed by atoms with Crippen LogP contribution in [0.3, 0.4) is 0 Å². The monoisotopic (exact) mass is 372 g/mol. The highest BCUT2D eigenvalue weighted by molar-refractivity contribution is 6.21. The molecule has 1 saturated carbocycles. The lowest BCUT2D eigenvalue weighted by Gasteiger charge is -2.28.